The van der Waals surface area contributed by atoms with Crippen molar-refractivity contribution in [2.24, 2.45) is 29.1 Å². The minimum atomic E-state index is -2.76. The SMILES string of the molecule is CC(C)(C)OC(=O)N[C@H](C(=O)O)C1CCC(F)(F)CC1.COC(=O)[C@@H]1[C@@H]2[C@H](CN1C(=O)[C@@H](NC(=O)OC(C)(C)C)C1CCC(F)(F)CC1)C2(C)C. The number of nitrogens with zero attached hydrogens (tertiary/aromatic N) is 1. The van der Waals surface area contributed by atoms with Crippen LogP contribution in [0.4, 0.5) is 27.2 Å². The summed E-state index contributed by atoms with van der Waals surface area (Å²) in [6.07, 6.45) is -2.65. The molecule has 16 heteroatoms. The Kier molecular flexibility index (Phi) is 12.7. The maximum absolute atomic E-state index is 13.7. The molecule has 4 fully saturated rings. The normalized spacial score (nSPS) is 26.6. The number of piperidine rings is 1. The number of fused-ring (bicyclic) bond motifs is 1. The van der Waals surface area contributed by atoms with E-state index in [1.54, 1.807) is 41.5 Å². The average Bonchev–Trinajstić information content (AvgIpc) is 3.29. The first kappa shape index (κ1) is 42.1. The first-order valence-electron chi connectivity index (χ1n) is 17.5. The van der Waals surface area contributed by atoms with Crippen molar-refractivity contribution < 1.29 is 60.9 Å². The number of amides is 3. The van der Waals surface area contributed by atoms with E-state index >= 15 is 0 Å². The molecule has 0 bridgehead atoms. The van der Waals surface area contributed by atoms with Crippen LogP contribution in [0, 0.1) is 29.1 Å². The third-order valence-corrected chi connectivity index (χ3v) is 10.3. The highest BCUT2D eigenvalue weighted by Crippen LogP contribution is 2.65. The topological polar surface area (TPSA) is 161 Å². The zero-order valence-corrected chi connectivity index (χ0v) is 31.1. The van der Waals surface area contributed by atoms with Crippen molar-refractivity contribution in [2.75, 3.05) is 13.7 Å². The fraction of sp³-hybridized carbons (Fsp3) is 0.857. The average molecular weight is 738 g/mol. The predicted molar refractivity (Wildman–Crippen MR) is 176 cm³/mol. The minimum Gasteiger partial charge on any atom is -0.480 e. The summed E-state index contributed by atoms with van der Waals surface area (Å²) in [6.45, 7) is 14.6. The van der Waals surface area contributed by atoms with E-state index in [4.69, 9.17) is 19.3 Å². The number of methoxy groups -OCH3 is 1. The van der Waals surface area contributed by atoms with Crippen molar-refractivity contribution in [1.29, 1.82) is 0 Å². The van der Waals surface area contributed by atoms with Gasteiger partial charge in [-0.25, -0.2) is 36.7 Å². The number of carboxylic acids is 1. The number of alkyl carbamates (subject to hydrolysis) is 2. The van der Waals surface area contributed by atoms with Crippen molar-refractivity contribution in [1.82, 2.24) is 15.5 Å². The number of hydrogen-bond acceptors (Lipinski definition) is 8. The number of aliphatic carboxylic acids is 1. The van der Waals surface area contributed by atoms with Gasteiger partial charge in [0.05, 0.1) is 7.11 Å². The van der Waals surface area contributed by atoms with Gasteiger partial charge in [-0.1, -0.05) is 13.8 Å². The molecule has 0 spiro atoms. The maximum Gasteiger partial charge on any atom is 0.408 e. The van der Waals surface area contributed by atoms with Crippen molar-refractivity contribution in [3.05, 3.63) is 0 Å². The van der Waals surface area contributed by atoms with Gasteiger partial charge in [0.15, 0.2) is 0 Å². The molecule has 0 aromatic rings. The van der Waals surface area contributed by atoms with Crippen LogP contribution in [0.2, 0.25) is 0 Å². The lowest BCUT2D eigenvalue weighted by atomic mass is 9.81. The number of carboxylic acid groups (broad SMARTS) is 1. The number of ether oxygens (including phenoxy) is 3. The summed E-state index contributed by atoms with van der Waals surface area (Å²) in [6, 6.07) is -2.95. The lowest BCUT2D eigenvalue weighted by molar-refractivity contribution is -0.154. The monoisotopic (exact) mass is 737 g/mol. The highest BCUT2D eigenvalue weighted by Gasteiger charge is 2.70. The Balaban J connectivity index is 0.000000304. The van der Waals surface area contributed by atoms with Gasteiger partial charge in [-0.05, 0) is 90.4 Å². The largest absolute Gasteiger partial charge is 0.480 e. The molecule has 4 rings (SSSR count). The molecule has 1 aliphatic heterocycles. The van der Waals surface area contributed by atoms with Crippen LogP contribution in [0.3, 0.4) is 0 Å². The van der Waals surface area contributed by atoms with Crippen LogP contribution in [-0.2, 0) is 28.6 Å². The number of carbonyl (C=O) groups excluding carboxylic acids is 4. The molecule has 3 amide bonds. The van der Waals surface area contributed by atoms with Gasteiger partial charge in [-0.15, -0.1) is 0 Å². The highest BCUT2D eigenvalue weighted by atomic mass is 19.3. The van der Waals surface area contributed by atoms with E-state index in [0.717, 1.165) is 0 Å². The predicted octanol–water partition coefficient (Wildman–Crippen LogP) is 6.15. The number of hydrogen-bond donors (Lipinski definition) is 3. The van der Waals surface area contributed by atoms with E-state index in [0.29, 0.717) is 6.54 Å². The summed E-state index contributed by atoms with van der Waals surface area (Å²) < 4.78 is 68.8. The number of rotatable bonds is 7. The third-order valence-electron chi connectivity index (χ3n) is 10.3. The van der Waals surface area contributed by atoms with E-state index in [1.165, 1.54) is 12.0 Å². The second kappa shape index (κ2) is 15.3. The van der Waals surface area contributed by atoms with Crippen LogP contribution < -0.4 is 10.6 Å². The smallest absolute Gasteiger partial charge is 0.408 e. The molecule has 12 nitrogen and oxygen atoms in total. The number of halogens is 4. The van der Waals surface area contributed by atoms with Gasteiger partial charge in [0.25, 0.3) is 0 Å². The van der Waals surface area contributed by atoms with Crippen molar-refractivity contribution in [2.45, 2.75) is 148 Å². The Labute approximate surface area is 297 Å². The van der Waals surface area contributed by atoms with Crippen LogP contribution in [0.15, 0.2) is 0 Å². The fourth-order valence-corrected chi connectivity index (χ4v) is 7.50. The number of alkyl halides is 4. The third kappa shape index (κ3) is 11.3. The summed E-state index contributed by atoms with van der Waals surface area (Å²) in [5.41, 5.74) is -1.59. The lowest BCUT2D eigenvalue weighted by Crippen LogP contribution is -2.57. The standard InChI is InChI=1S/C22H34F2N2O5.C13H21F2NO4/c1-20(2,3)31-19(29)25-15(12-7-9-22(23,24)10-8-12)17(27)26-11-13-14(21(13,4)5)16(26)18(28)30-6;1-12(2,3)20-11(19)16-9(10(17)18)8-4-6-13(14,15)7-5-8/h12-16H,7-11H2,1-6H3,(H,25,29);8-9H,4-7H2,1-3H3,(H,16,19)(H,17,18)/t13-,14-,15-,16-;9-/m00/s1. The molecule has 3 saturated carbocycles. The van der Waals surface area contributed by atoms with Gasteiger partial charge in [0, 0.05) is 38.1 Å². The number of nitrogens with one attached hydrogen (secondary N) is 2. The summed E-state index contributed by atoms with van der Waals surface area (Å²) in [4.78, 5) is 62.8. The van der Waals surface area contributed by atoms with Crippen LogP contribution in [0.1, 0.15) is 107 Å². The summed E-state index contributed by atoms with van der Waals surface area (Å²) in [5.74, 6) is -8.44. The highest BCUT2D eigenvalue weighted by molar-refractivity contribution is 5.91. The molecule has 1 saturated heterocycles. The molecular weight excluding hydrogens is 682 g/mol. The fourth-order valence-electron chi connectivity index (χ4n) is 7.50. The molecule has 4 aliphatic rings. The molecule has 51 heavy (non-hydrogen) atoms. The Morgan fingerprint density at radius 2 is 1.14 bits per heavy atom. The van der Waals surface area contributed by atoms with Gasteiger partial charge in [0.1, 0.15) is 29.3 Å². The van der Waals surface area contributed by atoms with Gasteiger partial charge < -0.3 is 34.9 Å². The van der Waals surface area contributed by atoms with E-state index in [-0.39, 0.29) is 68.6 Å². The van der Waals surface area contributed by atoms with Crippen LogP contribution in [0.5, 0.6) is 0 Å². The maximum atomic E-state index is 13.7. The second-order valence-corrected chi connectivity index (χ2v) is 16.9. The number of carbonyl (C=O) groups is 5. The number of esters is 1. The Bertz CT molecular complexity index is 1290. The van der Waals surface area contributed by atoms with E-state index in [9.17, 15) is 41.5 Å². The minimum absolute atomic E-state index is 0.0123. The molecule has 0 aromatic heterocycles. The van der Waals surface area contributed by atoms with Crippen LogP contribution in [-0.4, -0.2) is 94.9 Å². The Morgan fingerprint density at radius 1 is 0.745 bits per heavy atom. The quantitative estimate of drug-likeness (QED) is 0.158. The molecule has 5 atom stereocenters. The summed E-state index contributed by atoms with van der Waals surface area (Å²) in [5, 5.41) is 14.0. The van der Waals surface area contributed by atoms with E-state index < -0.39 is 83.0 Å². The summed E-state index contributed by atoms with van der Waals surface area (Å²) in [7, 11) is 1.29. The molecular formula is C35H55F4N3O9. The van der Waals surface area contributed by atoms with Crippen LogP contribution >= 0.6 is 0 Å². The van der Waals surface area contributed by atoms with Crippen molar-refractivity contribution in [3.63, 3.8) is 0 Å². The van der Waals surface area contributed by atoms with Crippen LogP contribution in [0.25, 0.3) is 0 Å². The molecule has 0 unspecified atom stereocenters. The zero-order chi connectivity index (χ0) is 38.9. The number of likely N-dealkylation sites (tertiary alicyclic amines) is 1. The first-order valence-corrected chi connectivity index (χ1v) is 17.5. The molecule has 3 aliphatic carbocycles. The first-order chi connectivity index (χ1) is 23.2. The van der Waals surface area contributed by atoms with Gasteiger partial charge in [0.2, 0.25) is 17.8 Å². The second-order valence-electron chi connectivity index (χ2n) is 16.9. The Morgan fingerprint density at radius 3 is 1.51 bits per heavy atom. The Hall–Kier alpha value is -3.33. The van der Waals surface area contributed by atoms with E-state index in [1.807, 2.05) is 0 Å². The molecule has 1 heterocycles. The molecule has 0 radical (unpaired) electrons. The zero-order valence-electron chi connectivity index (χ0n) is 31.1. The van der Waals surface area contributed by atoms with Gasteiger partial charge in [-0.2, -0.15) is 0 Å². The van der Waals surface area contributed by atoms with Gasteiger partial charge in [-0.3, -0.25) is 4.79 Å². The lowest BCUT2D eigenvalue weighted by Gasteiger charge is -2.37. The van der Waals surface area contributed by atoms with E-state index in [2.05, 4.69) is 24.5 Å². The molecule has 292 valence electrons. The molecule has 0 aromatic carbocycles. The van der Waals surface area contributed by atoms with Crippen molar-refractivity contribution >= 4 is 30.0 Å². The van der Waals surface area contributed by atoms with Gasteiger partial charge >= 0.3 is 24.1 Å². The van der Waals surface area contributed by atoms with Crippen molar-refractivity contribution in [3.8, 4) is 0 Å². The summed E-state index contributed by atoms with van der Waals surface area (Å²) >= 11 is 0. The molecule has 3 N–H and O–H groups in total.